The van der Waals surface area contributed by atoms with Gasteiger partial charge in [-0.25, -0.2) is 0 Å². The van der Waals surface area contributed by atoms with Gasteiger partial charge in [-0.3, -0.25) is 14.9 Å². The molecule has 1 atom stereocenters. The second-order valence-corrected chi connectivity index (χ2v) is 9.34. The zero-order valence-electron chi connectivity index (χ0n) is 16.1. The van der Waals surface area contributed by atoms with Gasteiger partial charge in [-0.05, 0) is 37.7 Å². The average molecular weight is 419 g/mol. The summed E-state index contributed by atoms with van der Waals surface area (Å²) in [5.41, 5.74) is 0.868. The molecule has 8 nitrogen and oxygen atoms in total. The van der Waals surface area contributed by atoms with E-state index in [1.54, 1.807) is 11.3 Å². The Hall–Kier alpha value is -2.20. The van der Waals surface area contributed by atoms with Crippen molar-refractivity contribution in [1.82, 2.24) is 25.2 Å². The van der Waals surface area contributed by atoms with Gasteiger partial charge in [0.25, 0.3) is 11.5 Å². The monoisotopic (exact) mass is 418 g/mol. The van der Waals surface area contributed by atoms with Gasteiger partial charge in [0.05, 0.1) is 5.39 Å². The molecule has 3 heterocycles. The maximum absolute atomic E-state index is 13.2. The fraction of sp³-hybridized carbons (Fsp3) is 0.556. The Morgan fingerprint density at radius 1 is 1.18 bits per heavy atom. The molecule has 0 radical (unpaired) electrons. The van der Waals surface area contributed by atoms with E-state index in [-0.39, 0.29) is 17.4 Å². The van der Waals surface area contributed by atoms with Crippen molar-refractivity contribution in [1.29, 1.82) is 0 Å². The van der Waals surface area contributed by atoms with E-state index in [1.807, 2.05) is 20.8 Å². The van der Waals surface area contributed by atoms with Crippen molar-refractivity contribution in [3.05, 3.63) is 25.8 Å². The molecule has 28 heavy (non-hydrogen) atoms. The molecule has 1 N–H and O–H groups in total. The molecule has 1 amide bonds. The van der Waals surface area contributed by atoms with Crippen LogP contribution in [0.2, 0.25) is 0 Å². The molecule has 10 heteroatoms. The second kappa shape index (κ2) is 7.67. The van der Waals surface area contributed by atoms with Crippen molar-refractivity contribution in [2.75, 3.05) is 5.32 Å². The summed E-state index contributed by atoms with van der Waals surface area (Å²) in [5, 5.41) is 21.2. The zero-order valence-corrected chi connectivity index (χ0v) is 17.7. The molecular formula is C18H22N6O2S2. The standard InChI is InChI=1S/C18H22N6O2S2/c1-4-11(14(25)19-18-22-20-15(28-18)9(2)3)24-17(26)13-10-7-5-6-8-12(10)27-16(13)21-23-24/h9,11H,4-8H2,1-3H3,(H,19,22,25). The van der Waals surface area contributed by atoms with Gasteiger partial charge in [0.15, 0.2) is 4.83 Å². The van der Waals surface area contributed by atoms with E-state index < -0.39 is 6.04 Å². The van der Waals surface area contributed by atoms with Gasteiger partial charge in [0.1, 0.15) is 11.0 Å². The SMILES string of the molecule is CCC(C(=O)Nc1nnc(C(C)C)s1)n1nnc2sc3c(c2c1=O)CCCC3. The number of carbonyl (C=O) groups is 1. The van der Waals surface area contributed by atoms with Gasteiger partial charge in [0, 0.05) is 10.8 Å². The van der Waals surface area contributed by atoms with Crippen LogP contribution in [0, 0.1) is 0 Å². The summed E-state index contributed by atoms with van der Waals surface area (Å²) in [5.74, 6) is -0.0837. The predicted molar refractivity (Wildman–Crippen MR) is 110 cm³/mol. The normalized spacial score (nSPS) is 15.0. The van der Waals surface area contributed by atoms with Crippen molar-refractivity contribution in [2.24, 2.45) is 0 Å². The summed E-state index contributed by atoms with van der Waals surface area (Å²) in [6.45, 7) is 5.89. The third-order valence-electron chi connectivity index (χ3n) is 4.96. The molecule has 0 bridgehead atoms. The Labute approximate surface area is 170 Å². The van der Waals surface area contributed by atoms with Crippen molar-refractivity contribution in [3.63, 3.8) is 0 Å². The summed E-state index contributed by atoms with van der Waals surface area (Å²) < 4.78 is 1.23. The number of aromatic nitrogens is 5. The number of thiophene rings is 1. The smallest absolute Gasteiger partial charge is 0.279 e. The minimum absolute atomic E-state index is 0.230. The quantitative estimate of drug-likeness (QED) is 0.682. The molecule has 1 unspecified atom stereocenters. The van der Waals surface area contributed by atoms with E-state index in [0.717, 1.165) is 36.3 Å². The van der Waals surface area contributed by atoms with Crippen LogP contribution in [0.3, 0.4) is 0 Å². The number of nitrogens with one attached hydrogen (secondary N) is 1. The highest BCUT2D eigenvalue weighted by molar-refractivity contribution is 7.18. The maximum Gasteiger partial charge on any atom is 0.279 e. The molecule has 0 aliphatic heterocycles. The lowest BCUT2D eigenvalue weighted by molar-refractivity contribution is -0.119. The largest absolute Gasteiger partial charge is 0.299 e. The van der Waals surface area contributed by atoms with Gasteiger partial charge in [-0.1, -0.05) is 37.3 Å². The van der Waals surface area contributed by atoms with Crippen LogP contribution in [-0.4, -0.2) is 31.1 Å². The fourth-order valence-corrected chi connectivity index (χ4v) is 5.41. The number of hydrogen-bond acceptors (Lipinski definition) is 8. The van der Waals surface area contributed by atoms with E-state index in [1.165, 1.54) is 20.9 Å². The van der Waals surface area contributed by atoms with E-state index in [2.05, 4.69) is 25.8 Å². The molecule has 0 fully saturated rings. The Balaban J connectivity index is 1.67. The van der Waals surface area contributed by atoms with Gasteiger partial charge in [0.2, 0.25) is 5.13 Å². The molecule has 0 saturated heterocycles. The van der Waals surface area contributed by atoms with Crippen molar-refractivity contribution >= 4 is 43.9 Å². The molecule has 4 rings (SSSR count). The lowest BCUT2D eigenvalue weighted by Crippen LogP contribution is -2.35. The molecule has 0 spiro atoms. The molecular weight excluding hydrogens is 396 g/mol. The maximum atomic E-state index is 13.2. The fourth-order valence-electron chi connectivity index (χ4n) is 3.47. The predicted octanol–water partition coefficient (Wildman–Crippen LogP) is 3.30. The first kappa shape index (κ1) is 19.1. The van der Waals surface area contributed by atoms with E-state index >= 15 is 0 Å². The summed E-state index contributed by atoms with van der Waals surface area (Å²) in [7, 11) is 0. The molecule has 0 saturated carbocycles. The Morgan fingerprint density at radius 2 is 1.96 bits per heavy atom. The van der Waals surface area contributed by atoms with Crippen LogP contribution >= 0.6 is 22.7 Å². The number of fused-ring (bicyclic) bond motifs is 3. The number of rotatable bonds is 5. The number of nitrogens with zero attached hydrogens (tertiary/aromatic N) is 5. The van der Waals surface area contributed by atoms with Crippen molar-refractivity contribution in [3.8, 4) is 0 Å². The van der Waals surface area contributed by atoms with Crippen LogP contribution in [0.4, 0.5) is 5.13 Å². The van der Waals surface area contributed by atoms with Gasteiger partial charge in [-0.2, -0.15) is 4.68 Å². The molecule has 1 aliphatic rings. The van der Waals surface area contributed by atoms with Gasteiger partial charge >= 0.3 is 0 Å². The van der Waals surface area contributed by atoms with Gasteiger partial charge < -0.3 is 0 Å². The van der Waals surface area contributed by atoms with Crippen LogP contribution in [0.1, 0.15) is 67.4 Å². The first-order chi connectivity index (χ1) is 13.5. The topological polar surface area (TPSA) is 103 Å². The molecule has 3 aromatic heterocycles. The number of aryl methyl sites for hydroxylation is 2. The Kier molecular flexibility index (Phi) is 5.24. The molecule has 148 valence electrons. The minimum atomic E-state index is -0.741. The summed E-state index contributed by atoms with van der Waals surface area (Å²) in [6, 6.07) is -0.741. The summed E-state index contributed by atoms with van der Waals surface area (Å²) in [4.78, 5) is 27.9. The first-order valence-corrected chi connectivity index (χ1v) is 11.2. The zero-order chi connectivity index (χ0) is 19.8. The number of anilines is 1. The van der Waals surface area contributed by atoms with Crippen LogP contribution in [0.5, 0.6) is 0 Å². The number of amides is 1. The highest BCUT2D eigenvalue weighted by atomic mass is 32.1. The van der Waals surface area contributed by atoms with Crippen molar-refractivity contribution in [2.45, 2.75) is 64.8 Å². The molecule has 3 aromatic rings. The number of hydrogen-bond donors (Lipinski definition) is 1. The Bertz CT molecular complexity index is 1080. The van der Waals surface area contributed by atoms with E-state index in [9.17, 15) is 9.59 Å². The van der Waals surface area contributed by atoms with Crippen LogP contribution < -0.4 is 10.9 Å². The van der Waals surface area contributed by atoms with Crippen LogP contribution in [-0.2, 0) is 17.6 Å². The Morgan fingerprint density at radius 3 is 2.68 bits per heavy atom. The van der Waals surface area contributed by atoms with E-state index in [4.69, 9.17) is 0 Å². The van der Waals surface area contributed by atoms with Gasteiger partial charge in [-0.15, -0.1) is 26.6 Å². The third kappa shape index (κ3) is 3.35. The first-order valence-electron chi connectivity index (χ1n) is 9.53. The highest BCUT2D eigenvalue weighted by Crippen LogP contribution is 2.33. The van der Waals surface area contributed by atoms with Crippen LogP contribution in [0.25, 0.3) is 10.2 Å². The highest BCUT2D eigenvalue weighted by Gasteiger charge is 2.26. The van der Waals surface area contributed by atoms with E-state index in [0.29, 0.717) is 21.8 Å². The molecule has 1 aliphatic carbocycles. The van der Waals surface area contributed by atoms with Crippen molar-refractivity contribution < 1.29 is 4.79 Å². The number of carbonyl (C=O) groups excluding carboxylic acids is 1. The summed E-state index contributed by atoms with van der Waals surface area (Å²) >= 11 is 2.90. The average Bonchev–Trinajstić information content (AvgIpc) is 3.28. The minimum Gasteiger partial charge on any atom is -0.299 e. The summed E-state index contributed by atoms with van der Waals surface area (Å²) in [6.07, 6.45) is 4.52. The third-order valence-corrected chi connectivity index (χ3v) is 7.27. The second-order valence-electron chi connectivity index (χ2n) is 7.24. The lowest BCUT2D eigenvalue weighted by atomic mass is 9.97. The van der Waals surface area contributed by atoms with Crippen LogP contribution in [0.15, 0.2) is 4.79 Å². The lowest BCUT2D eigenvalue weighted by Gasteiger charge is -2.15. The molecule has 0 aromatic carbocycles.